The molecule has 162 valence electrons. The zero-order valence-corrected chi connectivity index (χ0v) is 18.1. The molecule has 0 radical (unpaired) electrons. The number of nitrogens with zero attached hydrogens (tertiary/aromatic N) is 5. The fourth-order valence-electron chi connectivity index (χ4n) is 4.47. The van der Waals surface area contributed by atoms with E-state index in [-0.39, 0.29) is 18.2 Å². The second-order valence-corrected chi connectivity index (χ2v) is 8.71. The van der Waals surface area contributed by atoms with Crippen LogP contribution in [0, 0.1) is 13.8 Å². The molecule has 9 nitrogen and oxygen atoms in total. The zero-order chi connectivity index (χ0) is 21.8. The number of benzene rings is 1. The van der Waals surface area contributed by atoms with E-state index in [9.17, 15) is 9.59 Å². The predicted molar refractivity (Wildman–Crippen MR) is 115 cm³/mol. The lowest BCUT2D eigenvalue weighted by molar-refractivity contribution is -0.00308. The van der Waals surface area contributed by atoms with Crippen LogP contribution in [0.25, 0.3) is 0 Å². The van der Waals surface area contributed by atoms with Crippen LogP contribution in [0.2, 0.25) is 5.02 Å². The number of anilines is 2. The van der Waals surface area contributed by atoms with Crippen LogP contribution >= 0.6 is 11.6 Å². The molecule has 1 aromatic heterocycles. The number of hydrogen-bond acceptors (Lipinski definition) is 6. The van der Waals surface area contributed by atoms with Gasteiger partial charge in [-0.05, 0) is 37.6 Å². The summed E-state index contributed by atoms with van der Waals surface area (Å²) in [6, 6.07) is 6.87. The summed E-state index contributed by atoms with van der Waals surface area (Å²) < 4.78 is 5.82. The van der Waals surface area contributed by atoms with Gasteiger partial charge in [-0.2, -0.15) is 0 Å². The van der Waals surface area contributed by atoms with Crippen LogP contribution in [-0.4, -0.2) is 76.3 Å². The van der Waals surface area contributed by atoms with Crippen molar-refractivity contribution in [2.45, 2.75) is 25.5 Å². The van der Waals surface area contributed by atoms with E-state index in [1.165, 1.54) is 0 Å². The number of amides is 3. The van der Waals surface area contributed by atoms with Gasteiger partial charge in [0.1, 0.15) is 11.6 Å². The van der Waals surface area contributed by atoms with Crippen LogP contribution in [-0.2, 0) is 4.74 Å². The first kappa shape index (κ1) is 19.9. The van der Waals surface area contributed by atoms with E-state index in [0.29, 0.717) is 49.3 Å². The first-order valence-corrected chi connectivity index (χ1v) is 10.6. The topological polar surface area (TPSA) is 90.9 Å². The van der Waals surface area contributed by atoms with Crippen LogP contribution in [0.1, 0.15) is 11.4 Å². The Kier molecular flexibility index (Phi) is 4.65. The van der Waals surface area contributed by atoms with E-state index < -0.39 is 5.60 Å². The first-order valence-electron chi connectivity index (χ1n) is 10.2. The first-order chi connectivity index (χ1) is 14.8. The highest BCUT2D eigenvalue weighted by Crippen LogP contribution is 2.41. The Morgan fingerprint density at radius 1 is 1.26 bits per heavy atom. The van der Waals surface area contributed by atoms with E-state index in [2.05, 4.69) is 20.2 Å². The SMILES string of the molecule is Cc1nccc(N2CC3(C2)OC(=O)N2CCN(C(=O)Nc4ccc(C)c(Cl)c4)CC23)n1. The molecule has 0 aliphatic carbocycles. The number of nitrogens with one attached hydrogen (secondary N) is 1. The number of rotatable bonds is 2. The summed E-state index contributed by atoms with van der Waals surface area (Å²) in [5, 5.41) is 3.51. The van der Waals surface area contributed by atoms with E-state index in [1.54, 1.807) is 22.1 Å². The van der Waals surface area contributed by atoms with Gasteiger partial charge in [0, 0.05) is 36.5 Å². The molecule has 3 aliphatic heterocycles. The number of carbonyl (C=O) groups excluding carboxylic acids is 2. The summed E-state index contributed by atoms with van der Waals surface area (Å²) in [7, 11) is 0. The summed E-state index contributed by atoms with van der Waals surface area (Å²) in [6.07, 6.45) is 1.41. The van der Waals surface area contributed by atoms with Crippen molar-refractivity contribution in [3.63, 3.8) is 0 Å². The van der Waals surface area contributed by atoms with Gasteiger partial charge in [-0.1, -0.05) is 17.7 Å². The molecular formula is C21H23ClN6O3. The number of aromatic nitrogens is 2. The van der Waals surface area contributed by atoms with Crippen molar-refractivity contribution < 1.29 is 14.3 Å². The maximum absolute atomic E-state index is 12.9. The number of piperazine rings is 1. The number of ether oxygens (including phenoxy) is 1. The Morgan fingerprint density at radius 2 is 2.06 bits per heavy atom. The average molecular weight is 443 g/mol. The van der Waals surface area contributed by atoms with Crippen LogP contribution in [0.4, 0.5) is 21.1 Å². The Morgan fingerprint density at radius 3 is 2.81 bits per heavy atom. The standard InChI is InChI=1S/C21H23ClN6O3/c1-13-3-4-15(9-16(13)22)25-19(29)26-7-8-28-17(10-26)21(31-20(28)30)11-27(12-21)18-5-6-23-14(2)24-18/h3-6,9,17H,7-8,10-12H2,1-2H3,(H,25,29). The summed E-state index contributed by atoms with van der Waals surface area (Å²) >= 11 is 6.17. The van der Waals surface area contributed by atoms with Gasteiger partial charge in [0.05, 0.1) is 19.1 Å². The molecule has 0 bridgehead atoms. The lowest BCUT2D eigenvalue weighted by atomic mass is 9.84. The lowest BCUT2D eigenvalue weighted by Crippen LogP contribution is -2.71. The smallest absolute Gasteiger partial charge is 0.411 e. The fraction of sp³-hybridized carbons (Fsp3) is 0.429. The maximum atomic E-state index is 12.9. The molecule has 1 aromatic carbocycles. The Hall–Kier alpha value is -3.07. The summed E-state index contributed by atoms with van der Waals surface area (Å²) in [4.78, 5) is 39.5. The zero-order valence-electron chi connectivity index (χ0n) is 17.3. The minimum Gasteiger partial charge on any atom is -0.437 e. The van der Waals surface area contributed by atoms with Gasteiger partial charge in [0.2, 0.25) is 0 Å². The van der Waals surface area contributed by atoms with Gasteiger partial charge in [-0.15, -0.1) is 0 Å². The molecule has 3 saturated heterocycles. The van der Waals surface area contributed by atoms with Crippen LogP contribution in [0.5, 0.6) is 0 Å². The lowest BCUT2D eigenvalue weighted by Gasteiger charge is -2.51. The molecule has 0 saturated carbocycles. The summed E-state index contributed by atoms with van der Waals surface area (Å²) in [5.41, 5.74) is 0.956. The van der Waals surface area contributed by atoms with Crippen molar-refractivity contribution in [2.75, 3.05) is 42.9 Å². The Balaban J connectivity index is 1.28. The molecule has 1 atom stereocenters. The molecule has 10 heteroatoms. The molecule has 1 spiro atoms. The number of urea groups is 1. The van der Waals surface area contributed by atoms with Gasteiger partial charge in [0.25, 0.3) is 0 Å². The minimum absolute atomic E-state index is 0.194. The van der Waals surface area contributed by atoms with E-state index >= 15 is 0 Å². The van der Waals surface area contributed by atoms with Gasteiger partial charge >= 0.3 is 12.1 Å². The highest BCUT2D eigenvalue weighted by molar-refractivity contribution is 6.31. The molecule has 4 heterocycles. The van der Waals surface area contributed by atoms with Crippen LogP contribution in [0.3, 0.4) is 0 Å². The second kappa shape index (κ2) is 7.26. The molecule has 5 rings (SSSR count). The summed E-state index contributed by atoms with van der Waals surface area (Å²) in [6.45, 7) is 6.14. The van der Waals surface area contributed by atoms with Crippen molar-refractivity contribution >= 4 is 35.2 Å². The number of halogens is 1. The number of aryl methyl sites for hydroxylation is 2. The van der Waals surface area contributed by atoms with E-state index in [1.807, 2.05) is 32.0 Å². The molecule has 1 N–H and O–H groups in total. The van der Waals surface area contributed by atoms with Crippen LogP contribution < -0.4 is 10.2 Å². The van der Waals surface area contributed by atoms with E-state index in [4.69, 9.17) is 16.3 Å². The third-order valence-electron chi connectivity index (χ3n) is 6.23. The third-order valence-corrected chi connectivity index (χ3v) is 6.63. The summed E-state index contributed by atoms with van der Waals surface area (Å²) in [5.74, 6) is 1.51. The van der Waals surface area contributed by atoms with E-state index in [0.717, 1.165) is 11.4 Å². The van der Waals surface area contributed by atoms with Gasteiger partial charge in [-0.25, -0.2) is 19.6 Å². The highest BCUT2D eigenvalue weighted by Gasteiger charge is 2.62. The number of carbonyl (C=O) groups is 2. The molecule has 3 aliphatic rings. The molecular weight excluding hydrogens is 420 g/mol. The minimum atomic E-state index is -0.637. The Labute approximate surface area is 184 Å². The predicted octanol–water partition coefficient (Wildman–Crippen LogP) is 2.67. The van der Waals surface area contributed by atoms with Gasteiger partial charge in [-0.3, -0.25) is 4.90 Å². The number of hydrogen-bond donors (Lipinski definition) is 1. The normalized spacial score (nSPS) is 21.6. The van der Waals surface area contributed by atoms with Crippen molar-refractivity contribution in [3.05, 3.63) is 46.9 Å². The van der Waals surface area contributed by atoms with Crippen molar-refractivity contribution in [2.24, 2.45) is 0 Å². The van der Waals surface area contributed by atoms with Crippen LogP contribution in [0.15, 0.2) is 30.5 Å². The van der Waals surface area contributed by atoms with Crippen molar-refractivity contribution in [1.82, 2.24) is 19.8 Å². The molecule has 31 heavy (non-hydrogen) atoms. The van der Waals surface area contributed by atoms with Gasteiger partial charge in [0.15, 0.2) is 5.60 Å². The molecule has 3 fully saturated rings. The molecule has 2 aromatic rings. The maximum Gasteiger partial charge on any atom is 0.411 e. The Bertz CT molecular complexity index is 1060. The molecule has 3 amide bonds. The molecule has 1 unspecified atom stereocenters. The monoisotopic (exact) mass is 442 g/mol. The van der Waals surface area contributed by atoms with Crippen molar-refractivity contribution in [1.29, 1.82) is 0 Å². The largest absolute Gasteiger partial charge is 0.437 e. The third kappa shape index (κ3) is 3.42. The second-order valence-electron chi connectivity index (χ2n) is 8.30. The van der Waals surface area contributed by atoms with Crippen molar-refractivity contribution in [3.8, 4) is 0 Å². The quantitative estimate of drug-likeness (QED) is 0.768. The average Bonchev–Trinajstić information content (AvgIpc) is 3.02. The highest BCUT2D eigenvalue weighted by atomic mass is 35.5. The fourth-order valence-corrected chi connectivity index (χ4v) is 4.65. The number of fused-ring (bicyclic) bond motifs is 2. The van der Waals surface area contributed by atoms with Gasteiger partial charge < -0.3 is 19.9 Å².